The second kappa shape index (κ2) is 16.7. The number of benzene rings is 3. The Kier molecular flexibility index (Phi) is 11.4. The number of aromatic nitrogens is 3. The largest absolute Gasteiger partial charge is 0.381 e. The predicted molar refractivity (Wildman–Crippen MR) is 221 cm³/mol. The number of hydrogen-bond acceptors (Lipinski definition) is 8. The van der Waals surface area contributed by atoms with Crippen LogP contribution in [0.2, 0.25) is 5.02 Å². The summed E-state index contributed by atoms with van der Waals surface area (Å²) in [6.07, 6.45) is 5.60. The molecule has 3 aromatic carbocycles. The van der Waals surface area contributed by atoms with Crippen LogP contribution in [0.25, 0.3) is 22.2 Å². The van der Waals surface area contributed by atoms with Crippen molar-refractivity contribution in [3.8, 4) is 11.1 Å². The molecule has 5 heterocycles. The van der Waals surface area contributed by atoms with Crippen molar-refractivity contribution in [2.45, 2.75) is 90.8 Å². The Labute approximate surface area is 333 Å². The Morgan fingerprint density at radius 1 is 0.964 bits per heavy atom. The zero-order chi connectivity index (χ0) is 38.8. The number of piperazine rings is 1. The molecule has 1 unspecified atom stereocenters. The predicted octanol–water partition coefficient (Wildman–Crippen LogP) is 6.64. The van der Waals surface area contributed by atoms with Crippen LogP contribution in [0.4, 0.5) is 5.69 Å². The van der Waals surface area contributed by atoms with Gasteiger partial charge in [0.1, 0.15) is 0 Å². The van der Waals surface area contributed by atoms with Gasteiger partial charge in [0.25, 0.3) is 11.8 Å². The van der Waals surface area contributed by atoms with E-state index >= 15 is 0 Å². The van der Waals surface area contributed by atoms with E-state index in [2.05, 4.69) is 69.4 Å². The molecule has 3 saturated heterocycles. The molecule has 3 aliphatic rings. The number of nitrogens with one attached hydrogen (secondary N) is 4. The Morgan fingerprint density at radius 3 is 2.46 bits per heavy atom. The average molecular weight is 775 g/mol. The third-order valence-electron chi connectivity index (χ3n) is 11.5. The summed E-state index contributed by atoms with van der Waals surface area (Å²) >= 11 is 6.74. The Hall–Kier alpha value is -4.81. The lowest BCUT2D eigenvalue weighted by Crippen LogP contribution is -2.42. The number of amides is 2. The highest BCUT2D eigenvalue weighted by molar-refractivity contribution is 6.33. The molecule has 2 bridgehead atoms. The van der Waals surface area contributed by atoms with Crippen molar-refractivity contribution in [3.05, 3.63) is 111 Å². The van der Waals surface area contributed by atoms with Crippen molar-refractivity contribution < 1.29 is 14.3 Å². The van der Waals surface area contributed by atoms with Crippen LogP contribution >= 0.6 is 11.6 Å². The van der Waals surface area contributed by atoms with Crippen LogP contribution in [0.3, 0.4) is 0 Å². The van der Waals surface area contributed by atoms with Crippen LogP contribution < -0.4 is 21.3 Å². The molecule has 4 N–H and O–H groups in total. The Balaban J connectivity index is 0.950. The average Bonchev–Trinajstić information content (AvgIpc) is 3.96. The molecule has 2 amide bonds. The monoisotopic (exact) mass is 774 g/mol. The van der Waals surface area contributed by atoms with Crippen molar-refractivity contribution in [1.29, 1.82) is 0 Å². The number of halogens is 1. The number of ether oxygens (including phenoxy) is 1. The number of anilines is 1. The van der Waals surface area contributed by atoms with Gasteiger partial charge in [-0.1, -0.05) is 42.8 Å². The maximum Gasteiger partial charge on any atom is 0.251 e. The molecular formula is C44H51ClN8O3. The lowest BCUT2D eigenvalue weighted by molar-refractivity contribution is 0.0904. The molecule has 0 radical (unpaired) electrons. The molecular weight excluding hydrogens is 724 g/mol. The van der Waals surface area contributed by atoms with E-state index in [1.165, 1.54) is 12.0 Å². The highest BCUT2D eigenvalue weighted by Gasteiger charge is 2.37. The zero-order valence-corrected chi connectivity index (χ0v) is 33.2. The first-order valence-electron chi connectivity index (χ1n) is 20.0. The number of pyridine rings is 1. The van der Waals surface area contributed by atoms with Crippen LogP contribution in [-0.4, -0.2) is 75.9 Å². The molecule has 292 valence electrons. The molecule has 0 saturated carbocycles. The van der Waals surface area contributed by atoms with Gasteiger partial charge in [-0.05, 0) is 98.2 Å². The van der Waals surface area contributed by atoms with Crippen LogP contribution in [0.5, 0.6) is 0 Å². The van der Waals surface area contributed by atoms with Crippen LogP contribution in [0, 0.1) is 6.92 Å². The normalized spacial score (nSPS) is 18.4. The van der Waals surface area contributed by atoms with Gasteiger partial charge in [0.15, 0.2) is 5.65 Å². The number of hydrogen-bond donors (Lipinski definition) is 4. The van der Waals surface area contributed by atoms with Gasteiger partial charge in [-0.15, -0.1) is 0 Å². The highest BCUT2D eigenvalue weighted by Crippen LogP contribution is 2.33. The van der Waals surface area contributed by atoms with Crippen LogP contribution in [0.15, 0.2) is 66.9 Å². The summed E-state index contributed by atoms with van der Waals surface area (Å²) < 4.78 is 7.52. The minimum atomic E-state index is -0.260. The van der Waals surface area contributed by atoms with E-state index in [9.17, 15) is 9.59 Å². The first-order valence-corrected chi connectivity index (χ1v) is 20.4. The maximum absolute atomic E-state index is 13.8. The van der Waals surface area contributed by atoms with E-state index in [0.717, 1.165) is 82.7 Å². The summed E-state index contributed by atoms with van der Waals surface area (Å²) in [7, 11) is 0. The molecule has 2 atom stereocenters. The maximum atomic E-state index is 13.8. The molecule has 56 heavy (non-hydrogen) atoms. The molecule has 3 fully saturated rings. The summed E-state index contributed by atoms with van der Waals surface area (Å²) in [4.78, 5) is 34.9. The van der Waals surface area contributed by atoms with E-state index in [-0.39, 0.29) is 24.4 Å². The van der Waals surface area contributed by atoms with Crippen molar-refractivity contribution >= 4 is 40.1 Å². The number of aryl methyl sites for hydroxylation is 3. The number of rotatable bonds is 13. The lowest BCUT2D eigenvalue weighted by Gasteiger charge is -2.27. The van der Waals surface area contributed by atoms with Gasteiger partial charge in [-0.3, -0.25) is 14.5 Å². The fourth-order valence-electron chi connectivity index (χ4n) is 8.52. The number of likely N-dealkylation sites (tertiary alicyclic amines) is 1. The van der Waals surface area contributed by atoms with E-state index in [1.54, 1.807) is 6.07 Å². The van der Waals surface area contributed by atoms with E-state index < -0.39 is 0 Å². The van der Waals surface area contributed by atoms with Gasteiger partial charge in [0.2, 0.25) is 0 Å². The van der Waals surface area contributed by atoms with Gasteiger partial charge < -0.3 is 26.0 Å². The quantitative estimate of drug-likeness (QED) is 0.105. The van der Waals surface area contributed by atoms with Gasteiger partial charge in [-0.25, -0.2) is 9.67 Å². The highest BCUT2D eigenvalue weighted by atomic mass is 35.5. The molecule has 5 aromatic rings. The van der Waals surface area contributed by atoms with Gasteiger partial charge in [-0.2, -0.15) is 5.10 Å². The third kappa shape index (κ3) is 8.18. The second-order valence-electron chi connectivity index (χ2n) is 15.4. The summed E-state index contributed by atoms with van der Waals surface area (Å²) in [6.45, 7) is 11.8. The fraction of sp³-hybridized carbons (Fsp3) is 0.409. The number of nitrogens with zero attached hydrogens (tertiary/aromatic N) is 4. The fourth-order valence-corrected chi connectivity index (χ4v) is 8.74. The summed E-state index contributed by atoms with van der Waals surface area (Å²) in [5.41, 5.74) is 9.53. The third-order valence-corrected chi connectivity index (χ3v) is 11.8. The second-order valence-corrected chi connectivity index (χ2v) is 15.8. The zero-order valence-electron chi connectivity index (χ0n) is 32.5. The van der Waals surface area contributed by atoms with Crippen molar-refractivity contribution in [1.82, 2.24) is 35.6 Å². The number of carbonyl (C=O) groups excluding carboxylic acids is 2. The molecule has 11 nitrogen and oxygen atoms in total. The van der Waals surface area contributed by atoms with Crippen molar-refractivity contribution in [2.75, 3.05) is 31.6 Å². The van der Waals surface area contributed by atoms with E-state index in [4.69, 9.17) is 21.3 Å². The molecule has 0 spiro atoms. The smallest absolute Gasteiger partial charge is 0.251 e. The van der Waals surface area contributed by atoms with Crippen molar-refractivity contribution in [3.63, 3.8) is 0 Å². The minimum absolute atomic E-state index is 0.250. The topological polar surface area (TPSA) is 125 Å². The first-order chi connectivity index (χ1) is 27.3. The van der Waals surface area contributed by atoms with Crippen molar-refractivity contribution in [2.24, 2.45) is 0 Å². The summed E-state index contributed by atoms with van der Waals surface area (Å²) in [5, 5.41) is 19.8. The first kappa shape index (κ1) is 38.1. The van der Waals surface area contributed by atoms with E-state index in [0.29, 0.717) is 61.0 Å². The van der Waals surface area contributed by atoms with Crippen LogP contribution in [0.1, 0.15) is 81.8 Å². The summed E-state index contributed by atoms with van der Waals surface area (Å²) in [6, 6.07) is 21.2. The summed E-state index contributed by atoms with van der Waals surface area (Å²) in [5.74, 6) is -0.515. The van der Waals surface area contributed by atoms with Gasteiger partial charge >= 0.3 is 0 Å². The minimum Gasteiger partial charge on any atom is -0.381 e. The molecule has 12 heteroatoms. The Morgan fingerprint density at radius 2 is 1.75 bits per heavy atom. The molecule has 2 aromatic heterocycles. The lowest BCUT2D eigenvalue weighted by atomic mass is 10.0. The van der Waals surface area contributed by atoms with Gasteiger partial charge in [0.05, 0.1) is 17.3 Å². The molecule has 0 aliphatic carbocycles. The standard InChI is InChI=1S/C44H51ClN8O3/c1-4-40-37(41(50-33-11-13-56-14-12-33)38-24-49-53(5-2)42(38)51-40)23-48-44(55)32-16-27(3)15-31(19-32)43(54)47-21-28-9-10-39(45)36(18-28)30-8-6-7-29(17-30)25-52-26-34-20-35(52)22-46-34/h6-10,15-19,24,33-35,46H,4-5,11-14,20-23,25-26H2,1-3H3,(H,47,54)(H,48,55)(H,50,51)/t34-,35?/m0/s1. The SMILES string of the molecule is CCc1nc2c(cnn2CC)c(NC2CCOCC2)c1CNC(=O)c1cc(C)cc(C(=O)NCc2ccc(Cl)c(-c3cccc(CN4C[C@@H]5CC4CN5)c3)c2)c1. The molecule has 3 aliphatic heterocycles. The molecule has 8 rings (SSSR count). The van der Waals surface area contributed by atoms with E-state index in [1.807, 2.05) is 48.1 Å². The van der Waals surface area contributed by atoms with Gasteiger partial charge in [0, 0.05) is 104 Å². The number of carbonyl (C=O) groups is 2. The number of fused-ring (bicyclic) bond motifs is 3. The van der Waals surface area contributed by atoms with Crippen LogP contribution in [-0.2, 0) is 37.3 Å². The Bertz CT molecular complexity index is 2250.